The van der Waals surface area contributed by atoms with E-state index in [9.17, 15) is 9.59 Å². The van der Waals surface area contributed by atoms with E-state index in [2.05, 4.69) is 0 Å². The second kappa shape index (κ2) is 6.18. The fraction of sp³-hybridized carbons (Fsp3) is 0.176. The molecule has 0 fully saturated rings. The fourth-order valence-corrected chi connectivity index (χ4v) is 3.15. The number of carbonyl (C=O) groups excluding carboxylic acids is 1. The molecule has 2 heterocycles. The predicted molar refractivity (Wildman–Crippen MR) is 90.4 cm³/mol. The van der Waals surface area contributed by atoms with Crippen molar-refractivity contribution in [2.24, 2.45) is 0 Å². The van der Waals surface area contributed by atoms with E-state index in [1.54, 1.807) is 18.2 Å². The summed E-state index contributed by atoms with van der Waals surface area (Å²) in [5.74, 6) is -0.414. The Hall–Kier alpha value is -2.11. The van der Waals surface area contributed by atoms with Gasteiger partial charge >= 0.3 is 11.6 Å². The van der Waals surface area contributed by atoms with Gasteiger partial charge in [-0.15, -0.1) is 11.3 Å². The Balaban J connectivity index is 1.92. The van der Waals surface area contributed by atoms with Crippen LogP contribution in [0.1, 0.15) is 25.7 Å². The van der Waals surface area contributed by atoms with E-state index < -0.39 is 11.6 Å². The Morgan fingerprint density at radius 1 is 1.26 bits per heavy atom. The third-order valence-corrected chi connectivity index (χ3v) is 4.80. The molecule has 23 heavy (non-hydrogen) atoms. The number of ether oxygens (including phenoxy) is 1. The molecule has 0 aliphatic rings. The first kappa shape index (κ1) is 15.8. The second-order valence-electron chi connectivity index (χ2n) is 5.17. The Bertz CT molecular complexity index is 955. The van der Waals surface area contributed by atoms with Crippen LogP contribution in [0.25, 0.3) is 11.0 Å². The quantitative estimate of drug-likeness (QED) is 0.517. The monoisotopic (exact) mass is 348 g/mol. The smallest absolute Gasteiger partial charge is 0.348 e. The van der Waals surface area contributed by atoms with E-state index in [4.69, 9.17) is 20.8 Å². The van der Waals surface area contributed by atoms with Crippen molar-refractivity contribution in [3.63, 3.8) is 0 Å². The molecule has 0 saturated heterocycles. The van der Waals surface area contributed by atoms with Crippen LogP contribution >= 0.6 is 22.9 Å². The summed E-state index contributed by atoms with van der Waals surface area (Å²) in [6, 6.07) is 8.32. The number of carbonyl (C=O) groups is 1. The summed E-state index contributed by atoms with van der Waals surface area (Å²) in [6.07, 6.45) is 0. The minimum Gasteiger partial charge on any atom is -0.457 e. The van der Waals surface area contributed by atoms with Crippen molar-refractivity contribution in [1.82, 2.24) is 0 Å². The van der Waals surface area contributed by atoms with Crippen LogP contribution in [-0.4, -0.2) is 5.97 Å². The summed E-state index contributed by atoms with van der Waals surface area (Å²) in [5, 5.41) is 1.23. The van der Waals surface area contributed by atoms with Gasteiger partial charge in [0.25, 0.3) is 0 Å². The number of hydrogen-bond acceptors (Lipinski definition) is 5. The highest BCUT2D eigenvalue weighted by atomic mass is 35.5. The molecule has 1 aromatic carbocycles. The normalized spacial score (nSPS) is 10.9. The summed E-state index contributed by atoms with van der Waals surface area (Å²) in [6.45, 7) is 3.73. The summed E-state index contributed by atoms with van der Waals surface area (Å²) < 4.78 is 10.5. The van der Waals surface area contributed by atoms with E-state index in [1.165, 1.54) is 17.4 Å². The first-order valence-corrected chi connectivity index (χ1v) is 8.10. The van der Waals surface area contributed by atoms with E-state index >= 15 is 0 Å². The number of hydrogen-bond donors (Lipinski definition) is 0. The third kappa shape index (κ3) is 3.30. The van der Waals surface area contributed by atoms with Gasteiger partial charge in [0.2, 0.25) is 0 Å². The number of aryl methyl sites for hydroxylation is 2. The van der Waals surface area contributed by atoms with Crippen LogP contribution < -0.4 is 5.63 Å². The predicted octanol–water partition coefficient (Wildman–Crippen LogP) is 4.48. The van der Waals surface area contributed by atoms with Gasteiger partial charge in [-0.2, -0.15) is 0 Å². The molecular formula is C17H13ClO4S. The Morgan fingerprint density at radius 2 is 2.04 bits per heavy atom. The molecule has 3 rings (SSSR count). The van der Waals surface area contributed by atoms with E-state index in [1.807, 2.05) is 19.9 Å². The molecule has 0 radical (unpaired) electrons. The first-order valence-electron chi connectivity index (χ1n) is 6.90. The number of fused-ring (bicyclic) bond motifs is 1. The third-order valence-electron chi connectivity index (χ3n) is 3.41. The Labute approximate surface area is 141 Å². The van der Waals surface area contributed by atoms with Crippen molar-refractivity contribution in [3.05, 3.63) is 66.7 Å². The number of benzene rings is 1. The number of thiophene rings is 1. The minimum atomic E-state index is -0.489. The summed E-state index contributed by atoms with van der Waals surface area (Å²) in [7, 11) is 0. The lowest BCUT2D eigenvalue weighted by atomic mass is 10.1. The number of rotatable bonds is 3. The largest absolute Gasteiger partial charge is 0.457 e. The minimum absolute atomic E-state index is 0.0166. The Kier molecular flexibility index (Phi) is 4.24. The van der Waals surface area contributed by atoms with E-state index in [0.29, 0.717) is 26.4 Å². The topological polar surface area (TPSA) is 56.5 Å². The molecule has 0 atom stereocenters. The van der Waals surface area contributed by atoms with Crippen molar-refractivity contribution >= 4 is 39.9 Å². The van der Waals surface area contributed by atoms with Crippen molar-refractivity contribution in [2.45, 2.75) is 20.5 Å². The van der Waals surface area contributed by atoms with Crippen molar-refractivity contribution < 1.29 is 13.9 Å². The molecule has 6 heteroatoms. The molecule has 0 N–H and O–H groups in total. The maximum Gasteiger partial charge on any atom is 0.348 e. The van der Waals surface area contributed by atoms with Gasteiger partial charge in [-0.3, -0.25) is 0 Å². The molecule has 118 valence electrons. The highest BCUT2D eigenvalue weighted by molar-refractivity contribution is 7.13. The molecule has 0 spiro atoms. The zero-order chi connectivity index (χ0) is 16.6. The number of halogens is 1. The lowest BCUT2D eigenvalue weighted by Gasteiger charge is -2.08. The first-order chi connectivity index (χ1) is 10.9. The van der Waals surface area contributed by atoms with Crippen LogP contribution in [0.15, 0.2) is 39.5 Å². The summed E-state index contributed by atoms with van der Waals surface area (Å²) >= 11 is 7.50. The highest BCUT2D eigenvalue weighted by Crippen LogP contribution is 2.26. The lowest BCUT2D eigenvalue weighted by Crippen LogP contribution is -2.07. The van der Waals surface area contributed by atoms with Gasteiger partial charge in [0, 0.05) is 26.9 Å². The van der Waals surface area contributed by atoms with E-state index in [0.717, 1.165) is 10.4 Å². The number of esters is 1. The van der Waals surface area contributed by atoms with Gasteiger partial charge in [0.1, 0.15) is 17.1 Å². The molecule has 3 aromatic rings. The lowest BCUT2D eigenvalue weighted by molar-refractivity contribution is 0.0479. The van der Waals surface area contributed by atoms with Gasteiger partial charge in [-0.1, -0.05) is 11.6 Å². The van der Waals surface area contributed by atoms with Gasteiger partial charge in [0.05, 0.1) is 0 Å². The molecule has 2 aromatic heterocycles. The van der Waals surface area contributed by atoms with Gasteiger partial charge in [-0.25, -0.2) is 9.59 Å². The van der Waals surface area contributed by atoms with Gasteiger partial charge < -0.3 is 9.15 Å². The van der Waals surface area contributed by atoms with Gasteiger partial charge in [-0.05, 0) is 43.7 Å². The van der Waals surface area contributed by atoms with Crippen LogP contribution in [0.5, 0.6) is 0 Å². The van der Waals surface area contributed by atoms with Crippen LogP contribution in [0, 0.1) is 13.8 Å². The zero-order valence-corrected chi connectivity index (χ0v) is 14.1. The summed E-state index contributed by atoms with van der Waals surface area (Å²) in [5.41, 5.74) is 1.32. The van der Waals surface area contributed by atoms with Crippen molar-refractivity contribution in [2.75, 3.05) is 0 Å². The molecule has 0 unspecified atom stereocenters. The van der Waals surface area contributed by atoms with Crippen molar-refractivity contribution in [1.29, 1.82) is 0 Å². The molecule has 0 bridgehead atoms. The Morgan fingerprint density at radius 3 is 2.74 bits per heavy atom. The maximum atomic E-state index is 12.0. The molecule has 4 nitrogen and oxygen atoms in total. The van der Waals surface area contributed by atoms with Crippen LogP contribution in [0.4, 0.5) is 0 Å². The van der Waals surface area contributed by atoms with Crippen LogP contribution in [0.3, 0.4) is 0 Å². The fourth-order valence-electron chi connectivity index (χ4n) is 2.23. The van der Waals surface area contributed by atoms with Crippen LogP contribution in [0.2, 0.25) is 5.02 Å². The zero-order valence-electron chi connectivity index (χ0n) is 12.5. The molecule has 0 aliphatic carbocycles. The molecule has 0 amide bonds. The van der Waals surface area contributed by atoms with Gasteiger partial charge in [0.15, 0.2) is 0 Å². The standard InChI is InChI=1S/C17H13ClO4S/c1-9-5-14-12(7-13(9)18)11(6-16(19)22-14)8-21-17(20)15-4-3-10(2)23-15/h3-7H,8H2,1-2H3. The average molecular weight is 349 g/mol. The summed E-state index contributed by atoms with van der Waals surface area (Å²) in [4.78, 5) is 25.3. The van der Waals surface area contributed by atoms with E-state index in [-0.39, 0.29) is 6.61 Å². The molecular weight excluding hydrogens is 336 g/mol. The van der Waals surface area contributed by atoms with Crippen molar-refractivity contribution in [3.8, 4) is 0 Å². The SMILES string of the molecule is Cc1ccc(C(=O)OCc2cc(=O)oc3cc(C)c(Cl)cc23)s1. The molecule has 0 aliphatic heterocycles. The maximum absolute atomic E-state index is 12.0. The second-order valence-corrected chi connectivity index (χ2v) is 6.87. The molecule has 0 saturated carbocycles. The average Bonchev–Trinajstić information content (AvgIpc) is 2.93. The van der Waals surface area contributed by atoms with Crippen LogP contribution in [-0.2, 0) is 11.3 Å². The highest BCUT2D eigenvalue weighted by Gasteiger charge is 2.13.